The van der Waals surface area contributed by atoms with E-state index in [-0.39, 0.29) is 6.07 Å². The molecule has 0 amide bonds. The number of halogens is 6. The second-order valence-corrected chi connectivity index (χ2v) is 3.66. The molecule has 19 heavy (non-hydrogen) atoms. The molecule has 0 heterocycles. The van der Waals surface area contributed by atoms with Gasteiger partial charge < -0.3 is 0 Å². The normalized spacial score (nSPS) is 13.0. The lowest BCUT2D eigenvalue weighted by Gasteiger charge is -2.13. The number of allylic oxidation sites excluding steroid dienone is 2. The van der Waals surface area contributed by atoms with Crippen LogP contribution in [0.4, 0.5) is 26.3 Å². The summed E-state index contributed by atoms with van der Waals surface area (Å²) < 4.78 is 74.9. The third-order valence-corrected chi connectivity index (χ3v) is 2.19. The Morgan fingerprint density at radius 1 is 0.947 bits per heavy atom. The van der Waals surface area contributed by atoms with Gasteiger partial charge in [0, 0.05) is 5.56 Å². The van der Waals surface area contributed by atoms with Crippen LogP contribution in [0.15, 0.2) is 30.4 Å². The zero-order valence-corrected chi connectivity index (χ0v) is 9.56. The van der Waals surface area contributed by atoms with E-state index in [4.69, 9.17) is 0 Å². The van der Waals surface area contributed by atoms with Crippen LogP contribution in [0.2, 0.25) is 0 Å². The molecule has 0 radical (unpaired) electrons. The van der Waals surface area contributed by atoms with Crippen molar-refractivity contribution in [1.29, 1.82) is 0 Å². The van der Waals surface area contributed by atoms with Crippen molar-refractivity contribution in [3.05, 3.63) is 47.0 Å². The molecule has 1 rings (SSSR count). The second-order valence-electron chi connectivity index (χ2n) is 3.66. The maximum absolute atomic E-state index is 12.5. The molecule has 104 valence electrons. The molecule has 0 aliphatic carbocycles. The summed E-state index contributed by atoms with van der Waals surface area (Å²) in [5.74, 6) is -0.918. The van der Waals surface area contributed by atoms with Crippen molar-refractivity contribution < 1.29 is 31.1 Å². The Morgan fingerprint density at radius 3 is 1.68 bits per heavy atom. The van der Waals surface area contributed by atoms with Gasteiger partial charge in [-0.25, -0.2) is 0 Å². The first-order valence-corrected chi connectivity index (χ1v) is 5.02. The number of benzene rings is 1. The molecule has 0 atom stereocenters. The maximum atomic E-state index is 12.5. The van der Waals surface area contributed by atoms with Crippen LogP contribution in [0.1, 0.15) is 28.4 Å². The average Bonchev–Trinajstić information content (AvgIpc) is 2.26. The molecule has 0 spiro atoms. The molecule has 0 saturated carbocycles. The number of hydrogen-bond donors (Lipinski definition) is 0. The first kappa shape index (κ1) is 15.3. The summed E-state index contributed by atoms with van der Waals surface area (Å²) in [5.41, 5.74) is -3.66. The minimum Gasteiger partial charge on any atom is -0.289 e. The summed E-state index contributed by atoms with van der Waals surface area (Å²) in [6.07, 6.45) is -7.77. The highest BCUT2D eigenvalue weighted by atomic mass is 19.4. The molecular weight excluding hydrogens is 274 g/mol. The Labute approximate surface area is 104 Å². The van der Waals surface area contributed by atoms with Gasteiger partial charge in [0.2, 0.25) is 0 Å². The van der Waals surface area contributed by atoms with Gasteiger partial charge in [-0.05, 0) is 31.2 Å². The Kier molecular flexibility index (Phi) is 4.07. The summed E-state index contributed by atoms with van der Waals surface area (Å²) >= 11 is 0. The number of carbonyl (C=O) groups is 1. The molecule has 0 aromatic heterocycles. The minimum atomic E-state index is -4.95. The third kappa shape index (κ3) is 3.84. The van der Waals surface area contributed by atoms with Gasteiger partial charge in [0.1, 0.15) is 0 Å². The SMILES string of the molecule is CC=CC(=O)c1cc(C(F)(F)F)cc(C(F)(F)F)c1. The topological polar surface area (TPSA) is 17.1 Å². The van der Waals surface area contributed by atoms with E-state index in [2.05, 4.69) is 0 Å². The summed E-state index contributed by atoms with van der Waals surface area (Å²) in [4.78, 5) is 11.4. The lowest BCUT2D eigenvalue weighted by atomic mass is 10.0. The molecule has 0 bridgehead atoms. The Hall–Kier alpha value is -1.79. The van der Waals surface area contributed by atoms with E-state index in [1.165, 1.54) is 13.0 Å². The Balaban J connectivity index is 3.45. The van der Waals surface area contributed by atoms with Crippen LogP contribution in [-0.4, -0.2) is 5.78 Å². The highest BCUT2D eigenvalue weighted by Gasteiger charge is 2.37. The fraction of sp³-hybridized carbons (Fsp3) is 0.250. The van der Waals surface area contributed by atoms with Crippen LogP contribution in [-0.2, 0) is 12.4 Å². The van der Waals surface area contributed by atoms with Crippen LogP contribution in [0, 0.1) is 0 Å². The highest BCUT2D eigenvalue weighted by molar-refractivity contribution is 6.04. The summed E-state index contributed by atoms with van der Waals surface area (Å²) in [7, 11) is 0. The van der Waals surface area contributed by atoms with E-state index in [1.807, 2.05) is 0 Å². The monoisotopic (exact) mass is 282 g/mol. The number of alkyl halides is 6. The van der Waals surface area contributed by atoms with Crippen molar-refractivity contribution >= 4 is 5.78 Å². The molecule has 0 N–H and O–H groups in total. The van der Waals surface area contributed by atoms with Gasteiger partial charge in [-0.15, -0.1) is 0 Å². The minimum absolute atomic E-state index is 0.0214. The Bertz CT molecular complexity index is 478. The standard InChI is InChI=1S/C12H8F6O/c1-2-3-10(19)7-4-8(11(13,14)15)6-9(5-7)12(16,17)18/h2-6H,1H3. The fourth-order valence-electron chi connectivity index (χ4n) is 1.34. The molecule has 0 fully saturated rings. The van der Waals surface area contributed by atoms with Crippen molar-refractivity contribution in [3.8, 4) is 0 Å². The number of hydrogen-bond acceptors (Lipinski definition) is 1. The van der Waals surface area contributed by atoms with E-state index < -0.39 is 34.8 Å². The fourth-order valence-corrected chi connectivity index (χ4v) is 1.34. The molecule has 1 nitrogen and oxygen atoms in total. The van der Waals surface area contributed by atoms with Crippen LogP contribution in [0.25, 0.3) is 0 Å². The predicted molar refractivity (Wildman–Crippen MR) is 55.6 cm³/mol. The largest absolute Gasteiger partial charge is 0.416 e. The first-order chi connectivity index (χ1) is 8.55. The van der Waals surface area contributed by atoms with E-state index in [9.17, 15) is 31.1 Å². The Morgan fingerprint density at radius 2 is 1.37 bits per heavy atom. The predicted octanol–water partition coefficient (Wildman–Crippen LogP) is 4.48. The smallest absolute Gasteiger partial charge is 0.289 e. The van der Waals surface area contributed by atoms with Crippen LogP contribution < -0.4 is 0 Å². The van der Waals surface area contributed by atoms with Crippen molar-refractivity contribution in [3.63, 3.8) is 0 Å². The van der Waals surface area contributed by atoms with Crippen molar-refractivity contribution in [2.45, 2.75) is 19.3 Å². The third-order valence-electron chi connectivity index (χ3n) is 2.19. The molecule has 1 aromatic carbocycles. The first-order valence-electron chi connectivity index (χ1n) is 5.02. The summed E-state index contributed by atoms with van der Waals surface area (Å²) in [6.45, 7) is 1.43. The average molecular weight is 282 g/mol. The van der Waals surface area contributed by atoms with Crippen molar-refractivity contribution in [2.75, 3.05) is 0 Å². The zero-order valence-electron chi connectivity index (χ0n) is 9.56. The van der Waals surface area contributed by atoms with Crippen LogP contribution >= 0.6 is 0 Å². The molecule has 0 aliphatic heterocycles. The van der Waals surface area contributed by atoms with E-state index in [0.29, 0.717) is 12.1 Å². The molecule has 0 aliphatic rings. The molecule has 0 saturated heterocycles. The molecule has 7 heteroatoms. The van der Waals surface area contributed by atoms with E-state index in [0.717, 1.165) is 6.08 Å². The summed E-state index contributed by atoms with van der Waals surface area (Å²) in [5, 5.41) is 0. The van der Waals surface area contributed by atoms with Gasteiger partial charge in [0.25, 0.3) is 0 Å². The molecule has 0 unspecified atom stereocenters. The van der Waals surface area contributed by atoms with Gasteiger partial charge in [-0.1, -0.05) is 6.08 Å². The lowest BCUT2D eigenvalue weighted by molar-refractivity contribution is -0.143. The van der Waals surface area contributed by atoms with Crippen LogP contribution in [0.3, 0.4) is 0 Å². The maximum Gasteiger partial charge on any atom is 0.416 e. The number of carbonyl (C=O) groups excluding carboxylic acids is 1. The van der Waals surface area contributed by atoms with E-state index >= 15 is 0 Å². The number of ketones is 1. The molecule has 1 aromatic rings. The van der Waals surface area contributed by atoms with Crippen molar-refractivity contribution in [1.82, 2.24) is 0 Å². The van der Waals surface area contributed by atoms with Gasteiger partial charge in [-0.2, -0.15) is 26.3 Å². The van der Waals surface area contributed by atoms with Gasteiger partial charge in [0.15, 0.2) is 5.78 Å². The van der Waals surface area contributed by atoms with Gasteiger partial charge >= 0.3 is 12.4 Å². The van der Waals surface area contributed by atoms with Gasteiger partial charge in [0.05, 0.1) is 11.1 Å². The number of rotatable bonds is 2. The summed E-state index contributed by atoms with van der Waals surface area (Å²) in [6, 6.07) is 0.779. The zero-order chi connectivity index (χ0) is 14.8. The second kappa shape index (κ2) is 5.07. The lowest BCUT2D eigenvalue weighted by Crippen LogP contribution is -2.13. The van der Waals surface area contributed by atoms with Crippen molar-refractivity contribution in [2.24, 2.45) is 0 Å². The molecular formula is C12H8F6O. The van der Waals surface area contributed by atoms with Gasteiger partial charge in [-0.3, -0.25) is 4.79 Å². The van der Waals surface area contributed by atoms with Crippen LogP contribution in [0.5, 0.6) is 0 Å². The quantitative estimate of drug-likeness (QED) is 0.444. The van der Waals surface area contributed by atoms with E-state index in [1.54, 1.807) is 0 Å². The highest BCUT2D eigenvalue weighted by Crippen LogP contribution is 2.36.